The minimum Gasteiger partial charge on any atom is -0.324 e. The molecule has 0 saturated carbocycles. The summed E-state index contributed by atoms with van der Waals surface area (Å²) in [5.41, 5.74) is 6.91. The number of nitrogens with two attached hydrogens (primary N) is 1. The molecule has 1 aromatic carbocycles. The smallest absolute Gasteiger partial charge is 0.148 e. The van der Waals surface area contributed by atoms with Crippen LogP contribution >= 0.6 is 11.8 Å². The summed E-state index contributed by atoms with van der Waals surface area (Å²) in [6.07, 6.45) is 1.25. The van der Waals surface area contributed by atoms with Crippen LogP contribution < -0.4 is 5.73 Å². The van der Waals surface area contributed by atoms with Gasteiger partial charge in [-0.25, -0.2) is 8.42 Å². The Balaban J connectivity index is 2.67. The molecular formula is C11H17NO2S2. The molecule has 1 aromatic rings. The molecule has 1 unspecified atom stereocenters. The summed E-state index contributed by atoms with van der Waals surface area (Å²) in [5.74, 6) is 0.771. The van der Waals surface area contributed by atoms with Crippen molar-refractivity contribution in [3.05, 3.63) is 29.8 Å². The van der Waals surface area contributed by atoms with Gasteiger partial charge in [0.2, 0.25) is 0 Å². The third kappa shape index (κ3) is 4.55. The largest absolute Gasteiger partial charge is 0.324 e. The summed E-state index contributed by atoms with van der Waals surface area (Å²) in [6.45, 7) is 1.93. The third-order valence-corrected chi connectivity index (χ3v) is 4.42. The Morgan fingerprint density at radius 3 is 2.56 bits per heavy atom. The van der Waals surface area contributed by atoms with Crippen LogP contribution in [-0.4, -0.2) is 26.2 Å². The first-order chi connectivity index (χ1) is 7.40. The van der Waals surface area contributed by atoms with Gasteiger partial charge in [-0.3, -0.25) is 0 Å². The van der Waals surface area contributed by atoms with Crippen molar-refractivity contribution in [1.29, 1.82) is 0 Å². The van der Waals surface area contributed by atoms with Gasteiger partial charge in [-0.15, -0.1) is 11.8 Å². The third-order valence-electron chi connectivity index (χ3n) is 2.12. The van der Waals surface area contributed by atoms with E-state index in [0.29, 0.717) is 5.75 Å². The Morgan fingerprint density at radius 1 is 1.38 bits per heavy atom. The number of hydrogen-bond donors (Lipinski definition) is 1. The molecule has 1 atom stereocenters. The zero-order valence-electron chi connectivity index (χ0n) is 9.51. The van der Waals surface area contributed by atoms with Crippen LogP contribution in [0.2, 0.25) is 0 Å². The van der Waals surface area contributed by atoms with E-state index in [-0.39, 0.29) is 11.8 Å². The highest BCUT2D eigenvalue weighted by molar-refractivity contribution is 8.00. The van der Waals surface area contributed by atoms with Crippen molar-refractivity contribution in [2.24, 2.45) is 5.73 Å². The summed E-state index contributed by atoms with van der Waals surface area (Å²) in [4.78, 5) is 1.07. The molecule has 0 aliphatic rings. The van der Waals surface area contributed by atoms with Crippen molar-refractivity contribution in [3.8, 4) is 0 Å². The van der Waals surface area contributed by atoms with Gasteiger partial charge in [-0.05, 0) is 18.6 Å². The Kier molecular flexibility index (Phi) is 4.83. The van der Waals surface area contributed by atoms with E-state index >= 15 is 0 Å². The Labute approximate surface area is 101 Å². The number of benzene rings is 1. The van der Waals surface area contributed by atoms with Gasteiger partial charge < -0.3 is 5.73 Å². The van der Waals surface area contributed by atoms with Gasteiger partial charge >= 0.3 is 0 Å². The van der Waals surface area contributed by atoms with E-state index in [1.165, 1.54) is 6.26 Å². The second kappa shape index (κ2) is 5.70. The van der Waals surface area contributed by atoms with E-state index in [0.717, 1.165) is 10.5 Å². The minimum absolute atomic E-state index is 0.0260. The van der Waals surface area contributed by atoms with Crippen LogP contribution in [0.5, 0.6) is 0 Å². The second-order valence-electron chi connectivity index (χ2n) is 3.80. The quantitative estimate of drug-likeness (QED) is 0.820. The number of sulfone groups is 1. The molecule has 2 N–H and O–H groups in total. The van der Waals surface area contributed by atoms with Gasteiger partial charge in [0, 0.05) is 22.9 Å². The van der Waals surface area contributed by atoms with Gasteiger partial charge in [0.15, 0.2) is 0 Å². The van der Waals surface area contributed by atoms with E-state index in [9.17, 15) is 8.42 Å². The highest BCUT2D eigenvalue weighted by atomic mass is 32.2. The Bertz CT molecular complexity index is 441. The summed E-state index contributed by atoms with van der Waals surface area (Å²) >= 11 is 1.54. The van der Waals surface area contributed by atoms with E-state index < -0.39 is 9.84 Å². The van der Waals surface area contributed by atoms with Crippen molar-refractivity contribution in [1.82, 2.24) is 0 Å². The van der Waals surface area contributed by atoms with Crippen molar-refractivity contribution in [3.63, 3.8) is 0 Å². The maximum Gasteiger partial charge on any atom is 0.148 e. The molecule has 0 saturated heterocycles. The topological polar surface area (TPSA) is 60.2 Å². The molecule has 3 nitrogen and oxygen atoms in total. The molecular weight excluding hydrogens is 242 g/mol. The lowest BCUT2D eigenvalue weighted by atomic mass is 10.1. The molecule has 0 aromatic heterocycles. The predicted molar refractivity (Wildman–Crippen MR) is 69.5 cm³/mol. The summed E-state index contributed by atoms with van der Waals surface area (Å²) in [5, 5.41) is 0. The van der Waals surface area contributed by atoms with Gasteiger partial charge in [-0.2, -0.15) is 0 Å². The zero-order valence-corrected chi connectivity index (χ0v) is 11.1. The lowest BCUT2D eigenvalue weighted by Gasteiger charge is -2.11. The first-order valence-electron chi connectivity index (χ1n) is 5.05. The van der Waals surface area contributed by atoms with Crippen molar-refractivity contribution in [2.75, 3.05) is 17.8 Å². The SMILES string of the molecule is CC(N)c1ccccc1SCCS(C)(=O)=O. The van der Waals surface area contributed by atoms with Crippen LogP contribution in [0.4, 0.5) is 0 Å². The average Bonchev–Trinajstić information content (AvgIpc) is 2.16. The van der Waals surface area contributed by atoms with Gasteiger partial charge in [0.1, 0.15) is 9.84 Å². The molecule has 0 aliphatic heterocycles. The number of hydrogen-bond acceptors (Lipinski definition) is 4. The average molecular weight is 259 g/mol. The molecule has 0 spiro atoms. The summed E-state index contributed by atoms with van der Waals surface area (Å²) in [6, 6.07) is 7.81. The fraction of sp³-hybridized carbons (Fsp3) is 0.455. The highest BCUT2D eigenvalue weighted by Crippen LogP contribution is 2.26. The minimum atomic E-state index is -2.88. The standard InChI is InChI=1S/C11H17NO2S2/c1-9(12)10-5-3-4-6-11(10)15-7-8-16(2,13)14/h3-6,9H,7-8,12H2,1-2H3. The second-order valence-corrected chi connectivity index (χ2v) is 7.20. The molecule has 90 valence electrons. The van der Waals surface area contributed by atoms with Crippen LogP contribution in [-0.2, 0) is 9.84 Å². The molecule has 0 aliphatic carbocycles. The maximum atomic E-state index is 11.0. The first kappa shape index (κ1) is 13.5. The number of rotatable bonds is 5. The van der Waals surface area contributed by atoms with E-state index in [1.54, 1.807) is 11.8 Å². The maximum absolute atomic E-state index is 11.0. The molecule has 0 heterocycles. The first-order valence-corrected chi connectivity index (χ1v) is 8.10. The van der Waals surface area contributed by atoms with Gasteiger partial charge in [-0.1, -0.05) is 18.2 Å². The molecule has 0 radical (unpaired) electrons. The Morgan fingerprint density at radius 2 is 2.00 bits per heavy atom. The molecule has 5 heteroatoms. The molecule has 0 amide bonds. The van der Waals surface area contributed by atoms with Crippen LogP contribution in [0.1, 0.15) is 18.5 Å². The highest BCUT2D eigenvalue weighted by Gasteiger charge is 2.08. The molecule has 1 rings (SSSR count). The van der Waals surface area contributed by atoms with Crippen molar-refractivity contribution in [2.45, 2.75) is 17.9 Å². The fourth-order valence-electron chi connectivity index (χ4n) is 1.29. The Hall–Kier alpha value is -0.520. The number of thioether (sulfide) groups is 1. The molecule has 0 bridgehead atoms. The van der Waals surface area contributed by atoms with Crippen LogP contribution in [0.3, 0.4) is 0 Å². The predicted octanol–water partition coefficient (Wildman–Crippen LogP) is 1.84. The van der Waals surface area contributed by atoms with E-state index in [4.69, 9.17) is 5.73 Å². The van der Waals surface area contributed by atoms with Crippen molar-refractivity contribution >= 4 is 21.6 Å². The van der Waals surface area contributed by atoms with E-state index in [2.05, 4.69) is 0 Å². The monoisotopic (exact) mass is 259 g/mol. The van der Waals surface area contributed by atoms with Gasteiger partial charge in [0.05, 0.1) is 5.75 Å². The van der Waals surface area contributed by atoms with Crippen LogP contribution in [0.25, 0.3) is 0 Å². The lowest BCUT2D eigenvalue weighted by molar-refractivity contribution is 0.603. The summed E-state index contributed by atoms with van der Waals surface area (Å²) in [7, 11) is -2.88. The van der Waals surface area contributed by atoms with Crippen molar-refractivity contribution < 1.29 is 8.42 Å². The van der Waals surface area contributed by atoms with Crippen LogP contribution in [0.15, 0.2) is 29.2 Å². The molecule has 16 heavy (non-hydrogen) atoms. The lowest BCUT2D eigenvalue weighted by Crippen LogP contribution is -2.08. The fourth-order valence-corrected chi connectivity index (χ4v) is 3.65. The van der Waals surface area contributed by atoms with Crippen LogP contribution in [0, 0.1) is 0 Å². The zero-order chi connectivity index (χ0) is 12.2. The normalized spacial score (nSPS) is 13.7. The summed E-state index contributed by atoms with van der Waals surface area (Å²) < 4.78 is 22.0. The van der Waals surface area contributed by atoms with Gasteiger partial charge in [0.25, 0.3) is 0 Å². The van der Waals surface area contributed by atoms with E-state index in [1.807, 2.05) is 31.2 Å². The molecule has 0 fully saturated rings.